The van der Waals surface area contributed by atoms with Gasteiger partial charge in [0.2, 0.25) is 0 Å². The van der Waals surface area contributed by atoms with Crippen LogP contribution in [0.5, 0.6) is 5.75 Å². The third kappa shape index (κ3) is 6.11. The van der Waals surface area contributed by atoms with E-state index in [1.165, 1.54) is 18.2 Å². The van der Waals surface area contributed by atoms with Gasteiger partial charge in [0.05, 0.1) is 7.47 Å². The van der Waals surface area contributed by atoms with Crippen LogP contribution in [0.2, 0.25) is 0 Å². The molecule has 0 saturated heterocycles. The van der Waals surface area contributed by atoms with E-state index in [0.29, 0.717) is 11.3 Å². The zero-order valence-electron chi connectivity index (χ0n) is 14.2. The number of rotatable bonds is 7. The number of halogens is 3. The summed E-state index contributed by atoms with van der Waals surface area (Å²) < 4.78 is 49.7. The van der Waals surface area contributed by atoms with Gasteiger partial charge in [0.15, 0.2) is 0 Å². The van der Waals surface area contributed by atoms with Crippen molar-refractivity contribution in [2.75, 3.05) is 6.54 Å². The molecule has 0 aromatic heterocycles. The number of carbonyl (C=O) groups excluding carboxylic acids is 1. The van der Waals surface area contributed by atoms with Gasteiger partial charge in [-0.2, -0.15) is 13.2 Å². The maximum absolute atomic E-state index is 12.1. The normalized spacial score (nSPS) is 13.0. The van der Waals surface area contributed by atoms with E-state index >= 15 is 0 Å². The predicted octanol–water partition coefficient (Wildman–Crippen LogP) is 3.37. The van der Waals surface area contributed by atoms with Crippen LogP contribution in [0.1, 0.15) is 25.0 Å². The molecule has 1 unspecified atom stereocenters. The Morgan fingerprint density at radius 1 is 1.24 bits per heavy atom. The van der Waals surface area contributed by atoms with Gasteiger partial charge in [0.25, 0.3) is 0 Å². The van der Waals surface area contributed by atoms with Gasteiger partial charge in [-0.15, -0.1) is 0 Å². The molecule has 25 heavy (non-hydrogen) atoms. The van der Waals surface area contributed by atoms with Crippen molar-refractivity contribution in [3.63, 3.8) is 0 Å². The monoisotopic (exact) mass is 354 g/mol. The molecule has 1 atom stereocenters. The SMILES string of the molecule is [2H]c1cc(OCc2ccccc2)cc(C(O)CCNC(=O)C(F)(F)F)c1. The first-order chi connectivity index (χ1) is 12.3. The first-order valence-corrected chi connectivity index (χ1v) is 7.57. The maximum Gasteiger partial charge on any atom is 0.471 e. The van der Waals surface area contributed by atoms with Crippen molar-refractivity contribution in [3.05, 3.63) is 65.7 Å². The Morgan fingerprint density at radius 2 is 1.96 bits per heavy atom. The second-order valence-electron chi connectivity index (χ2n) is 5.33. The van der Waals surface area contributed by atoms with Gasteiger partial charge in [-0.25, -0.2) is 0 Å². The van der Waals surface area contributed by atoms with Crippen LogP contribution in [0.3, 0.4) is 0 Å². The second kappa shape index (κ2) is 8.53. The summed E-state index contributed by atoms with van der Waals surface area (Å²) in [6.45, 7) is -0.0661. The molecule has 2 rings (SSSR count). The van der Waals surface area contributed by atoms with Gasteiger partial charge in [0, 0.05) is 6.54 Å². The van der Waals surface area contributed by atoms with Crippen molar-refractivity contribution in [2.24, 2.45) is 0 Å². The summed E-state index contributed by atoms with van der Waals surface area (Å²) in [5, 5.41) is 11.8. The smallest absolute Gasteiger partial charge is 0.471 e. The Labute approximate surface area is 144 Å². The molecule has 0 fully saturated rings. The Balaban J connectivity index is 1.94. The highest BCUT2D eigenvalue weighted by Gasteiger charge is 2.38. The van der Waals surface area contributed by atoms with E-state index in [4.69, 9.17) is 6.11 Å². The second-order valence-corrected chi connectivity index (χ2v) is 5.33. The molecular weight excluding hydrogens is 335 g/mol. The third-order valence-corrected chi connectivity index (χ3v) is 3.38. The molecule has 1 amide bonds. The summed E-state index contributed by atoms with van der Waals surface area (Å²) in [7, 11) is 0. The number of carbonyl (C=O) groups is 1. The van der Waals surface area contributed by atoms with E-state index in [9.17, 15) is 23.1 Å². The van der Waals surface area contributed by atoms with Crippen LogP contribution in [-0.2, 0) is 11.4 Å². The van der Waals surface area contributed by atoms with Gasteiger partial charge < -0.3 is 15.2 Å². The van der Waals surface area contributed by atoms with E-state index < -0.39 is 18.2 Å². The molecule has 7 heteroatoms. The van der Waals surface area contributed by atoms with E-state index in [1.54, 1.807) is 5.32 Å². The topological polar surface area (TPSA) is 58.6 Å². The van der Waals surface area contributed by atoms with Crippen molar-refractivity contribution in [1.29, 1.82) is 0 Å². The van der Waals surface area contributed by atoms with E-state index in [1.807, 2.05) is 30.3 Å². The van der Waals surface area contributed by atoms with Crippen LogP contribution in [0.4, 0.5) is 13.2 Å². The Kier molecular flexibility index (Phi) is 5.90. The fraction of sp³-hybridized carbons (Fsp3) is 0.278. The molecule has 0 aliphatic rings. The van der Waals surface area contributed by atoms with Crippen molar-refractivity contribution < 1.29 is 29.2 Å². The highest BCUT2D eigenvalue weighted by atomic mass is 19.4. The Morgan fingerprint density at radius 3 is 2.64 bits per heavy atom. The molecule has 0 saturated carbocycles. The van der Waals surface area contributed by atoms with E-state index in [0.717, 1.165) is 5.56 Å². The summed E-state index contributed by atoms with van der Waals surface area (Å²) >= 11 is 0. The number of hydrogen-bond donors (Lipinski definition) is 2. The zero-order valence-corrected chi connectivity index (χ0v) is 13.2. The Hall–Kier alpha value is -2.54. The lowest BCUT2D eigenvalue weighted by Crippen LogP contribution is -2.37. The molecule has 0 bridgehead atoms. The average molecular weight is 354 g/mol. The first-order valence-electron chi connectivity index (χ1n) is 8.07. The van der Waals surface area contributed by atoms with E-state index in [2.05, 4.69) is 0 Å². The molecule has 0 heterocycles. The summed E-state index contributed by atoms with van der Waals surface area (Å²) in [6.07, 6.45) is -6.21. The number of ether oxygens (including phenoxy) is 1. The minimum absolute atomic E-state index is 0.101. The fourth-order valence-corrected chi connectivity index (χ4v) is 2.07. The van der Waals surface area contributed by atoms with Crippen LogP contribution >= 0.6 is 0 Å². The molecular formula is C18H18F3NO3. The maximum atomic E-state index is 12.1. The number of amides is 1. The van der Waals surface area contributed by atoms with Crippen LogP contribution in [-0.4, -0.2) is 23.7 Å². The molecule has 0 aliphatic carbocycles. The third-order valence-electron chi connectivity index (χ3n) is 3.38. The molecule has 0 radical (unpaired) electrons. The summed E-state index contributed by atoms with van der Waals surface area (Å²) in [5.41, 5.74) is 1.27. The largest absolute Gasteiger partial charge is 0.489 e. The Bertz CT molecular complexity index is 738. The quantitative estimate of drug-likeness (QED) is 0.802. The summed E-state index contributed by atoms with van der Waals surface area (Å²) in [5.74, 6) is -1.68. The molecule has 2 aromatic carbocycles. The number of aliphatic hydroxyl groups excluding tert-OH is 1. The number of hydrogen-bond acceptors (Lipinski definition) is 3. The number of aliphatic hydroxyl groups is 1. The summed E-state index contributed by atoms with van der Waals surface area (Å²) in [4.78, 5) is 10.7. The lowest BCUT2D eigenvalue weighted by molar-refractivity contribution is -0.173. The van der Waals surface area contributed by atoms with E-state index in [-0.39, 0.29) is 25.6 Å². The summed E-state index contributed by atoms with van der Waals surface area (Å²) in [6, 6.07) is 13.9. The van der Waals surface area contributed by atoms with Gasteiger partial charge in [-0.3, -0.25) is 4.79 Å². The highest BCUT2D eigenvalue weighted by molar-refractivity contribution is 5.81. The van der Waals surface area contributed by atoms with Gasteiger partial charge in [0.1, 0.15) is 12.4 Å². The standard InChI is InChI=1S/C18H18F3NO3/c19-18(20,21)17(24)22-10-9-16(23)14-7-4-8-15(11-14)25-12-13-5-2-1-3-6-13/h1-8,11,16,23H,9-10,12H2,(H,22,24)/i4D. The number of alkyl halides is 3. The molecule has 0 spiro atoms. The van der Waals surface area contributed by atoms with Crippen LogP contribution in [0.15, 0.2) is 54.6 Å². The van der Waals surface area contributed by atoms with Crippen molar-refractivity contribution in [2.45, 2.75) is 25.3 Å². The highest BCUT2D eigenvalue weighted by Crippen LogP contribution is 2.22. The van der Waals surface area contributed by atoms with Crippen LogP contribution in [0, 0.1) is 0 Å². The van der Waals surface area contributed by atoms with Gasteiger partial charge in [-0.1, -0.05) is 42.4 Å². The minimum atomic E-state index is -4.95. The molecule has 134 valence electrons. The van der Waals surface area contributed by atoms with Crippen LogP contribution in [0.25, 0.3) is 0 Å². The van der Waals surface area contributed by atoms with Crippen molar-refractivity contribution in [3.8, 4) is 5.75 Å². The molecule has 0 aliphatic heterocycles. The average Bonchev–Trinajstić information content (AvgIpc) is 2.59. The molecule has 4 nitrogen and oxygen atoms in total. The zero-order chi connectivity index (χ0) is 19.2. The van der Waals surface area contributed by atoms with Gasteiger partial charge >= 0.3 is 12.1 Å². The fourth-order valence-electron chi connectivity index (χ4n) is 2.07. The van der Waals surface area contributed by atoms with Crippen molar-refractivity contribution in [1.82, 2.24) is 5.32 Å². The van der Waals surface area contributed by atoms with Gasteiger partial charge in [-0.05, 0) is 29.7 Å². The number of nitrogens with one attached hydrogen (secondary N) is 1. The van der Waals surface area contributed by atoms with Crippen molar-refractivity contribution >= 4 is 5.91 Å². The molecule has 2 N–H and O–H groups in total. The molecule has 2 aromatic rings. The first kappa shape index (κ1) is 17.3. The lowest BCUT2D eigenvalue weighted by atomic mass is 10.1. The predicted molar refractivity (Wildman–Crippen MR) is 85.9 cm³/mol. The minimum Gasteiger partial charge on any atom is -0.489 e. The number of benzene rings is 2. The van der Waals surface area contributed by atoms with Crippen LogP contribution < -0.4 is 10.1 Å². The lowest BCUT2D eigenvalue weighted by Gasteiger charge is -2.14.